The summed E-state index contributed by atoms with van der Waals surface area (Å²) in [4.78, 5) is 0. The summed E-state index contributed by atoms with van der Waals surface area (Å²) in [7, 11) is -3.56. The second-order valence-corrected chi connectivity index (χ2v) is 7.41. The van der Waals surface area contributed by atoms with Crippen molar-refractivity contribution in [1.29, 1.82) is 5.26 Å². The Balaban J connectivity index is 3.19. The zero-order valence-corrected chi connectivity index (χ0v) is 10.7. The Morgan fingerprint density at radius 3 is 2.40 bits per heavy atom. The third-order valence-corrected chi connectivity index (χ3v) is 5.88. The summed E-state index contributed by atoms with van der Waals surface area (Å²) in [5, 5.41) is 7.84. The molecule has 1 aromatic heterocycles. The highest BCUT2D eigenvalue weighted by Gasteiger charge is 2.31. The second kappa shape index (κ2) is 4.52. The molecule has 82 valence electrons. The highest BCUT2D eigenvalue weighted by molar-refractivity contribution is 7.94. The van der Waals surface area contributed by atoms with Crippen LogP contribution in [0.1, 0.15) is 13.8 Å². The van der Waals surface area contributed by atoms with Gasteiger partial charge >= 0.3 is 0 Å². The number of hydrogen-bond acceptors (Lipinski definition) is 4. The van der Waals surface area contributed by atoms with E-state index in [1.807, 2.05) is 6.07 Å². The fourth-order valence-corrected chi connectivity index (χ4v) is 4.47. The molecule has 0 aliphatic carbocycles. The van der Waals surface area contributed by atoms with Crippen molar-refractivity contribution in [2.24, 2.45) is 5.92 Å². The van der Waals surface area contributed by atoms with Gasteiger partial charge in [-0.25, -0.2) is 8.42 Å². The van der Waals surface area contributed by atoms with E-state index >= 15 is 0 Å². The van der Waals surface area contributed by atoms with Crippen LogP contribution in [0.25, 0.3) is 0 Å². The molecule has 0 saturated heterocycles. The first-order valence-corrected chi connectivity index (χ1v) is 7.02. The molecule has 0 bridgehead atoms. The van der Waals surface area contributed by atoms with Crippen LogP contribution in [0.15, 0.2) is 16.3 Å². The van der Waals surface area contributed by atoms with Crippen LogP contribution in [0.5, 0.6) is 0 Å². The number of nitriles is 1. The molecule has 6 heteroatoms. The van der Waals surface area contributed by atoms with Crippen molar-refractivity contribution in [3.8, 4) is 6.07 Å². The number of nitrogens with zero attached hydrogens (tertiary/aromatic N) is 1. The predicted molar refractivity (Wildman–Crippen MR) is 60.8 cm³/mol. The summed E-state index contributed by atoms with van der Waals surface area (Å²) in [6.07, 6.45) is 0. The van der Waals surface area contributed by atoms with Crippen LogP contribution in [0.4, 0.5) is 0 Å². The SMILES string of the molecule is CC(C)C(C#N)S(=O)(=O)c1ccc(Cl)s1. The van der Waals surface area contributed by atoms with E-state index in [0.717, 1.165) is 11.3 Å². The lowest BCUT2D eigenvalue weighted by Crippen LogP contribution is -2.24. The predicted octanol–water partition coefficient (Wildman–Crippen LogP) is 2.72. The van der Waals surface area contributed by atoms with Crippen LogP contribution < -0.4 is 0 Å². The van der Waals surface area contributed by atoms with Crippen molar-refractivity contribution >= 4 is 32.8 Å². The van der Waals surface area contributed by atoms with Gasteiger partial charge in [-0.05, 0) is 18.1 Å². The highest BCUT2D eigenvalue weighted by Crippen LogP contribution is 2.30. The molecule has 0 N–H and O–H groups in total. The summed E-state index contributed by atoms with van der Waals surface area (Å²) in [6.45, 7) is 3.42. The van der Waals surface area contributed by atoms with Crippen LogP contribution in [0, 0.1) is 17.2 Å². The van der Waals surface area contributed by atoms with Gasteiger partial charge in [0.25, 0.3) is 0 Å². The molecule has 3 nitrogen and oxygen atoms in total. The molecule has 1 atom stereocenters. The maximum atomic E-state index is 11.9. The van der Waals surface area contributed by atoms with Gasteiger partial charge in [-0.1, -0.05) is 25.4 Å². The average Bonchev–Trinajstić information content (AvgIpc) is 2.52. The van der Waals surface area contributed by atoms with Gasteiger partial charge in [0, 0.05) is 0 Å². The molecule has 0 saturated carbocycles. The second-order valence-electron chi connectivity index (χ2n) is 3.40. The molecule has 1 aromatic rings. The van der Waals surface area contributed by atoms with Gasteiger partial charge in [0.1, 0.15) is 4.21 Å². The molecule has 1 heterocycles. The molecule has 0 aliphatic rings. The standard InChI is InChI=1S/C9H10ClNO2S2/c1-6(2)7(5-11)15(12,13)9-4-3-8(10)14-9/h3-4,6-7H,1-2H3. The Labute approximate surface area is 98.2 Å². The largest absolute Gasteiger partial charge is 0.221 e. The van der Waals surface area contributed by atoms with Crippen LogP contribution in [0.2, 0.25) is 4.34 Å². The Bertz CT molecular complexity index is 484. The first kappa shape index (κ1) is 12.5. The van der Waals surface area contributed by atoms with Crippen molar-refractivity contribution in [3.05, 3.63) is 16.5 Å². The third kappa shape index (κ3) is 2.51. The van der Waals surface area contributed by atoms with Crippen molar-refractivity contribution in [2.75, 3.05) is 0 Å². The molecule has 1 unspecified atom stereocenters. The highest BCUT2D eigenvalue weighted by atomic mass is 35.5. The Morgan fingerprint density at radius 1 is 1.47 bits per heavy atom. The smallest absolute Gasteiger partial charge is 0.204 e. The van der Waals surface area contributed by atoms with Gasteiger partial charge in [-0.3, -0.25) is 0 Å². The van der Waals surface area contributed by atoms with E-state index < -0.39 is 15.1 Å². The van der Waals surface area contributed by atoms with Crippen LogP contribution in [0.3, 0.4) is 0 Å². The lowest BCUT2D eigenvalue weighted by atomic mass is 10.1. The lowest BCUT2D eigenvalue weighted by molar-refractivity contribution is 0.565. The number of sulfone groups is 1. The Kier molecular flexibility index (Phi) is 3.77. The van der Waals surface area contributed by atoms with E-state index in [1.54, 1.807) is 13.8 Å². The molecule has 0 aliphatic heterocycles. The minimum absolute atomic E-state index is 0.160. The minimum atomic E-state index is -3.56. The molecular formula is C9H10ClNO2S2. The normalized spacial score (nSPS) is 13.8. The van der Waals surface area contributed by atoms with E-state index in [9.17, 15) is 8.42 Å². The minimum Gasteiger partial charge on any atom is -0.221 e. The molecule has 0 radical (unpaired) electrons. The Morgan fingerprint density at radius 2 is 2.07 bits per heavy atom. The molecule has 0 amide bonds. The van der Waals surface area contributed by atoms with Gasteiger partial charge in [0.15, 0.2) is 5.25 Å². The summed E-state index contributed by atoms with van der Waals surface area (Å²) in [5.74, 6) is -0.235. The first-order valence-electron chi connectivity index (χ1n) is 4.28. The maximum absolute atomic E-state index is 11.9. The monoisotopic (exact) mass is 263 g/mol. The van der Waals surface area contributed by atoms with Gasteiger partial charge in [-0.15, -0.1) is 11.3 Å². The third-order valence-electron chi connectivity index (χ3n) is 1.90. The van der Waals surface area contributed by atoms with E-state index in [2.05, 4.69) is 0 Å². The average molecular weight is 264 g/mol. The molecule has 0 spiro atoms. The zero-order chi connectivity index (χ0) is 11.6. The van der Waals surface area contributed by atoms with Crippen LogP contribution in [-0.2, 0) is 9.84 Å². The van der Waals surface area contributed by atoms with Crippen LogP contribution in [-0.4, -0.2) is 13.7 Å². The summed E-state index contributed by atoms with van der Waals surface area (Å²) >= 11 is 6.65. The number of rotatable bonds is 3. The Hall–Kier alpha value is -0.570. The number of hydrogen-bond donors (Lipinski definition) is 0. The molecule has 0 aromatic carbocycles. The topological polar surface area (TPSA) is 57.9 Å². The quantitative estimate of drug-likeness (QED) is 0.843. The van der Waals surface area contributed by atoms with E-state index in [1.165, 1.54) is 12.1 Å². The zero-order valence-electron chi connectivity index (χ0n) is 8.27. The fourth-order valence-electron chi connectivity index (χ4n) is 1.15. The van der Waals surface area contributed by atoms with Gasteiger partial charge in [0.2, 0.25) is 9.84 Å². The lowest BCUT2D eigenvalue weighted by Gasteiger charge is -2.11. The van der Waals surface area contributed by atoms with E-state index in [0.29, 0.717) is 4.34 Å². The summed E-state index contributed by atoms with van der Waals surface area (Å²) in [6, 6.07) is 4.79. The number of thiophene rings is 1. The van der Waals surface area contributed by atoms with Gasteiger partial charge < -0.3 is 0 Å². The van der Waals surface area contributed by atoms with Crippen molar-refractivity contribution in [2.45, 2.75) is 23.3 Å². The van der Waals surface area contributed by atoms with Gasteiger partial charge in [0.05, 0.1) is 10.4 Å². The van der Waals surface area contributed by atoms with E-state index in [4.69, 9.17) is 16.9 Å². The summed E-state index contributed by atoms with van der Waals surface area (Å²) < 4.78 is 24.5. The van der Waals surface area contributed by atoms with Gasteiger partial charge in [-0.2, -0.15) is 5.26 Å². The first-order chi connectivity index (χ1) is 6.89. The molecule has 0 fully saturated rings. The molecular weight excluding hydrogens is 254 g/mol. The van der Waals surface area contributed by atoms with Crippen molar-refractivity contribution in [1.82, 2.24) is 0 Å². The van der Waals surface area contributed by atoms with E-state index in [-0.39, 0.29) is 10.1 Å². The van der Waals surface area contributed by atoms with Crippen molar-refractivity contribution in [3.63, 3.8) is 0 Å². The molecule has 1 rings (SSSR count). The van der Waals surface area contributed by atoms with Crippen molar-refractivity contribution < 1.29 is 8.42 Å². The maximum Gasteiger partial charge on any atom is 0.204 e. The fraction of sp³-hybridized carbons (Fsp3) is 0.444. The number of halogens is 1. The molecule has 15 heavy (non-hydrogen) atoms. The summed E-state index contributed by atoms with van der Waals surface area (Å²) in [5.41, 5.74) is 0. The van der Waals surface area contributed by atoms with Crippen LogP contribution >= 0.6 is 22.9 Å².